The molecule has 92 valence electrons. The molecule has 17 heavy (non-hydrogen) atoms. The van der Waals surface area contributed by atoms with Gasteiger partial charge in [-0.25, -0.2) is 4.98 Å². The topological polar surface area (TPSA) is 67.1 Å². The molecule has 0 atom stereocenters. The van der Waals surface area contributed by atoms with Gasteiger partial charge in [-0.05, 0) is 26.4 Å². The normalized spacial score (nSPS) is 10.9. The van der Waals surface area contributed by atoms with Crippen LogP contribution >= 0.6 is 0 Å². The Bertz CT molecular complexity index is 478. The second-order valence-corrected chi connectivity index (χ2v) is 3.89. The quantitative estimate of drug-likeness (QED) is 0.725. The average molecular weight is 234 g/mol. The number of hydrogen-bond donors (Lipinski definition) is 2. The molecule has 0 aliphatic rings. The number of fused-ring (bicyclic) bond motifs is 1. The van der Waals surface area contributed by atoms with Crippen LogP contribution in [0.15, 0.2) is 12.4 Å². The third kappa shape index (κ3) is 2.91. The molecule has 0 unspecified atom stereocenters. The van der Waals surface area contributed by atoms with Crippen LogP contribution in [0.5, 0.6) is 0 Å². The highest BCUT2D eigenvalue weighted by Gasteiger charge is 2.04. The minimum atomic E-state index is 0.638. The molecule has 0 aromatic carbocycles. The minimum absolute atomic E-state index is 0.638. The van der Waals surface area contributed by atoms with Gasteiger partial charge in [0.05, 0.1) is 0 Å². The number of nitrogens with one attached hydrogen (secondary N) is 2. The molecule has 0 aliphatic carbocycles. The van der Waals surface area contributed by atoms with Gasteiger partial charge < -0.3 is 10.6 Å². The number of hydrogen-bond acceptors (Lipinski definition) is 5. The zero-order valence-electron chi connectivity index (χ0n) is 10.3. The highest BCUT2D eigenvalue weighted by molar-refractivity contribution is 5.44. The lowest BCUT2D eigenvalue weighted by molar-refractivity contribution is 0.687. The molecular formula is C11H18N6. The van der Waals surface area contributed by atoms with Gasteiger partial charge in [0.15, 0.2) is 0 Å². The molecule has 0 bridgehead atoms. The summed E-state index contributed by atoms with van der Waals surface area (Å²) in [6.07, 6.45) is 2.59. The van der Waals surface area contributed by atoms with Gasteiger partial charge in [-0.1, -0.05) is 6.92 Å². The van der Waals surface area contributed by atoms with Crippen molar-refractivity contribution < 1.29 is 0 Å². The summed E-state index contributed by atoms with van der Waals surface area (Å²) in [6, 6.07) is 1.98. The first kappa shape index (κ1) is 11.8. The molecule has 2 heterocycles. The van der Waals surface area contributed by atoms with E-state index in [9.17, 15) is 0 Å². The molecule has 0 saturated carbocycles. The summed E-state index contributed by atoms with van der Waals surface area (Å²) in [6.45, 7) is 7.01. The molecule has 0 fully saturated rings. The van der Waals surface area contributed by atoms with Crippen molar-refractivity contribution >= 4 is 11.6 Å². The molecule has 2 aromatic rings. The van der Waals surface area contributed by atoms with Crippen LogP contribution in [0.25, 0.3) is 5.78 Å². The van der Waals surface area contributed by atoms with Crippen LogP contribution in [0.1, 0.15) is 19.0 Å². The van der Waals surface area contributed by atoms with Crippen LogP contribution in [0.3, 0.4) is 0 Å². The standard InChI is InChI=1S/C11H18N6/c1-3-12-5-4-6-13-10-7-9(2)16-11-14-8-15-17(10)11/h7-8,12-13H,3-6H2,1-2H3. The van der Waals surface area contributed by atoms with Crippen LogP contribution in [0.2, 0.25) is 0 Å². The molecular weight excluding hydrogens is 216 g/mol. The molecule has 6 heteroatoms. The van der Waals surface area contributed by atoms with Crippen molar-refractivity contribution in [2.75, 3.05) is 25.0 Å². The zero-order valence-corrected chi connectivity index (χ0v) is 10.3. The Balaban J connectivity index is 2.00. The Morgan fingerprint density at radius 3 is 3.06 bits per heavy atom. The van der Waals surface area contributed by atoms with E-state index in [0.717, 1.165) is 37.6 Å². The van der Waals surface area contributed by atoms with Gasteiger partial charge in [0.1, 0.15) is 12.1 Å². The maximum Gasteiger partial charge on any atom is 0.254 e. The van der Waals surface area contributed by atoms with Crippen LogP contribution < -0.4 is 10.6 Å². The van der Waals surface area contributed by atoms with Gasteiger partial charge in [-0.3, -0.25) is 0 Å². The minimum Gasteiger partial charge on any atom is -0.370 e. The largest absolute Gasteiger partial charge is 0.370 e. The molecule has 2 N–H and O–H groups in total. The van der Waals surface area contributed by atoms with Crippen LogP contribution in [-0.2, 0) is 0 Å². The third-order valence-corrected chi connectivity index (χ3v) is 2.47. The first-order valence-electron chi connectivity index (χ1n) is 5.93. The van der Waals surface area contributed by atoms with E-state index >= 15 is 0 Å². The van der Waals surface area contributed by atoms with E-state index in [4.69, 9.17) is 0 Å². The van der Waals surface area contributed by atoms with Crippen LogP contribution in [0.4, 0.5) is 5.82 Å². The Hall–Kier alpha value is -1.69. The smallest absolute Gasteiger partial charge is 0.254 e. The molecule has 0 radical (unpaired) electrons. The number of anilines is 1. The van der Waals surface area contributed by atoms with Gasteiger partial charge in [0.2, 0.25) is 0 Å². The number of aromatic nitrogens is 4. The van der Waals surface area contributed by atoms with Crippen LogP contribution in [-0.4, -0.2) is 39.2 Å². The summed E-state index contributed by atoms with van der Waals surface area (Å²) in [4.78, 5) is 8.38. The van der Waals surface area contributed by atoms with Crippen molar-refractivity contribution in [3.8, 4) is 0 Å². The fourth-order valence-electron chi connectivity index (χ4n) is 1.66. The summed E-state index contributed by atoms with van der Waals surface area (Å²) in [5, 5.41) is 10.8. The third-order valence-electron chi connectivity index (χ3n) is 2.47. The van der Waals surface area contributed by atoms with E-state index in [-0.39, 0.29) is 0 Å². The molecule has 0 saturated heterocycles. The van der Waals surface area contributed by atoms with Crippen molar-refractivity contribution in [3.05, 3.63) is 18.1 Å². The van der Waals surface area contributed by atoms with Gasteiger partial charge in [-0.2, -0.15) is 14.6 Å². The van der Waals surface area contributed by atoms with Crippen molar-refractivity contribution in [2.45, 2.75) is 20.3 Å². The first-order valence-corrected chi connectivity index (χ1v) is 5.93. The number of nitrogens with zero attached hydrogens (tertiary/aromatic N) is 4. The summed E-state index contributed by atoms with van der Waals surface area (Å²) in [5.41, 5.74) is 0.944. The lowest BCUT2D eigenvalue weighted by Gasteiger charge is -2.08. The molecule has 2 aromatic heterocycles. The molecule has 0 amide bonds. The van der Waals surface area contributed by atoms with E-state index in [0.29, 0.717) is 5.78 Å². The highest BCUT2D eigenvalue weighted by atomic mass is 15.3. The fourth-order valence-corrected chi connectivity index (χ4v) is 1.66. The summed E-state index contributed by atoms with van der Waals surface area (Å²) in [5.74, 6) is 1.58. The number of aryl methyl sites for hydroxylation is 1. The maximum absolute atomic E-state index is 4.29. The predicted molar refractivity (Wildman–Crippen MR) is 67.2 cm³/mol. The van der Waals surface area contributed by atoms with Gasteiger partial charge >= 0.3 is 0 Å². The molecule has 2 rings (SSSR count). The maximum atomic E-state index is 4.29. The monoisotopic (exact) mass is 234 g/mol. The van der Waals surface area contributed by atoms with Gasteiger partial charge in [-0.15, -0.1) is 0 Å². The Morgan fingerprint density at radius 2 is 2.24 bits per heavy atom. The van der Waals surface area contributed by atoms with E-state index in [1.54, 1.807) is 4.52 Å². The molecule has 0 spiro atoms. The van der Waals surface area contributed by atoms with Crippen molar-refractivity contribution in [1.29, 1.82) is 0 Å². The van der Waals surface area contributed by atoms with Crippen molar-refractivity contribution in [1.82, 2.24) is 24.9 Å². The fraction of sp³-hybridized carbons (Fsp3) is 0.545. The molecule has 0 aliphatic heterocycles. The first-order chi connectivity index (χ1) is 8.31. The Labute approximate surface area is 100 Å². The van der Waals surface area contributed by atoms with Crippen LogP contribution in [0, 0.1) is 6.92 Å². The second-order valence-electron chi connectivity index (χ2n) is 3.89. The Morgan fingerprint density at radius 1 is 1.35 bits per heavy atom. The Kier molecular flexibility index (Phi) is 3.87. The predicted octanol–water partition coefficient (Wildman–Crippen LogP) is 0.844. The van der Waals surface area contributed by atoms with Gasteiger partial charge in [0, 0.05) is 18.3 Å². The molecule has 6 nitrogen and oxygen atoms in total. The summed E-state index contributed by atoms with van der Waals surface area (Å²) >= 11 is 0. The van der Waals surface area contributed by atoms with E-state index in [1.165, 1.54) is 6.33 Å². The zero-order chi connectivity index (χ0) is 12.1. The number of rotatable bonds is 6. The summed E-state index contributed by atoms with van der Waals surface area (Å²) < 4.78 is 1.72. The van der Waals surface area contributed by atoms with E-state index < -0.39 is 0 Å². The van der Waals surface area contributed by atoms with E-state index in [2.05, 4.69) is 32.6 Å². The highest BCUT2D eigenvalue weighted by Crippen LogP contribution is 2.09. The second kappa shape index (κ2) is 5.58. The van der Waals surface area contributed by atoms with Gasteiger partial charge in [0.25, 0.3) is 5.78 Å². The van der Waals surface area contributed by atoms with Crippen molar-refractivity contribution in [3.63, 3.8) is 0 Å². The average Bonchev–Trinajstić information content (AvgIpc) is 2.76. The van der Waals surface area contributed by atoms with E-state index in [1.807, 2.05) is 13.0 Å². The summed E-state index contributed by atoms with van der Waals surface area (Å²) in [7, 11) is 0. The SMILES string of the molecule is CCNCCCNc1cc(C)nc2ncnn12. The van der Waals surface area contributed by atoms with Crippen molar-refractivity contribution in [2.24, 2.45) is 0 Å². The lowest BCUT2D eigenvalue weighted by Crippen LogP contribution is -2.18. The lowest BCUT2D eigenvalue weighted by atomic mass is 10.4.